The van der Waals surface area contributed by atoms with Gasteiger partial charge in [-0.2, -0.15) is 0 Å². The van der Waals surface area contributed by atoms with E-state index in [1.54, 1.807) is 33.0 Å². The van der Waals surface area contributed by atoms with Crippen LogP contribution in [0, 0.1) is 0 Å². The van der Waals surface area contributed by atoms with E-state index >= 15 is 0 Å². The number of ether oxygens (including phenoxy) is 1. The average molecular weight is 241 g/mol. The highest BCUT2D eigenvalue weighted by Gasteiger charge is 2.21. The summed E-state index contributed by atoms with van der Waals surface area (Å²) in [4.78, 5) is 11.7. The molecule has 0 aliphatic carbocycles. The van der Waals surface area contributed by atoms with E-state index in [0.717, 1.165) is 9.75 Å². The predicted octanol–water partition coefficient (Wildman–Crippen LogP) is 1.67. The SMILES string of the molecule is C[SiH](C)c1ccn(C(=O)OC(C)(C)C)c1O. The molecule has 0 aromatic carbocycles. The maximum Gasteiger partial charge on any atom is 0.421 e. The Hall–Kier alpha value is -1.23. The van der Waals surface area contributed by atoms with Crippen LogP contribution in [0.2, 0.25) is 13.1 Å². The van der Waals surface area contributed by atoms with Crippen LogP contribution in [0.5, 0.6) is 5.88 Å². The minimum atomic E-state index is -1.12. The molecular weight excluding hydrogens is 222 g/mol. The van der Waals surface area contributed by atoms with Gasteiger partial charge in [0.1, 0.15) is 5.60 Å². The highest BCUT2D eigenvalue weighted by atomic mass is 28.3. The molecule has 0 saturated heterocycles. The summed E-state index contributed by atoms with van der Waals surface area (Å²) in [6, 6.07) is 1.79. The lowest BCUT2D eigenvalue weighted by atomic mass is 10.2. The van der Waals surface area contributed by atoms with Gasteiger partial charge >= 0.3 is 6.09 Å². The van der Waals surface area contributed by atoms with Crippen LogP contribution in [0.1, 0.15) is 20.8 Å². The first-order chi connectivity index (χ1) is 7.22. The Bertz CT molecular complexity index is 390. The van der Waals surface area contributed by atoms with Crippen LogP contribution < -0.4 is 5.19 Å². The van der Waals surface area contributed by atoms with Gasteiger partial charge in [-0.3, -0.25) is 0 Å². The normalized spacial score (nSPS) is 11.9. The van der Waals surface area contributed by atoms with Gasteiger partial charge in [0.05, 0.1) is 8.80 Å². The summed E-state index contributed by atoms with van der Waals surface area (Å²) in [7, 11) is -1.12. The molecule has 0 fully saturated rings. The maximum atomic E-state index is 11.7. The molecule has 0 atom stereocenters. The van der Waals surface area contributed by atoms with Gasteiger partial charge in [-0.1, -0.05) is 13.1 Å². The van der Waals surface area contributed by atoms with Gasteiger partial charge in [0.2, 0.25) is 0 Å². The van der Waals surface area contributed by atoms with Gasteiger partial charge in [0.15, 0.2) is 5.88 Å². The average Bonchev–Trinajstić information content (AvgIpc) is 2.43. The maximum absolute atomic E-state index is 11.7. The third-order valence-electron chi connectivity index (χ3n) is 2.10. The summed E-state index contributed by atoms with van der Waals surface area (Å²) >= 11 is 0. The molecule has 4 nitrogen and oxygen atoms in total. The number of nitrogens with zero attached hydrogens (tertiary/aromatic N) is 1. The van der Waals surface area contributed by atoms with E-state index in [9.17, 15) is 9.90 Å². The molecule has 0 unspecified atom stereocenters. The first kappa shape index (κ1) is 12.8. The Kier molecular flexibility index (Phi) is 3.47. The zero-order chi connectivity index (χ0) is 12.5. The van der Waals surface area contributed by atoms with E-state index in [1.165, 1.54) is 0 Å². The summed E-state index contributed by atoms with van der Waals surface area (Å²) in [5.41, 5.74) is -0.552. The van der Waals surface area contributed by atoms with Gasteiger partial charge in [0, 0.05) is 6.20 Å². The van der Waals surface area contributed by atoms with Crippen LogP contribution in [0.15, 0.2) is 12.3 Å². The quantitative estimate of drug-likeness (QED) is 0.761. The largest absolute Gasteiger partial charge is 0.494 e. The fraction of sp³-hybridized carbons (Fsp3) is 0.545. The third-order valence-corrected chi connectivity index (χ3v) is 3.80. The fourth-order valence-electron chi connectivity index (χ4n) is 1.35. The zero-order valence-corrected chi connectivity index (χ0v) is 11.6. The van der Waals surface area contributed by atoms with Crippen LogP contribution in [0.3, 0.4) is 0 Å². The van der Waals surface area contributed by atoms with Crippen LogP contribution in [-0.2, 0) is 4.74 Å². The summed E-state index contributed by atoms with van der Waals surface area (Å²) < 4.78 is 6.34. The second-order valence-electron chi connectivity index (χ2n) is 5.10. The molecule has 1 rings (SSSR count). The Morgan fingerprint density at radius 2 is 2.00 bits per heavy atom. The molecule has 0 spiro atoms. The highest BCUT2D eigenvalue weighted by Crippen LogP contribution is 2.14. The Morgan fingerprint density at radius 1 is 1.44 bits per heavy atom. The smallest absolute Gasteiger partial charge is 0.421 e. The first-order valence-corrected chi connectivity index (χ1v) is 8.24. The van der Waals surface area contributed by atoms with Gasteiger partial charge in [0.25, 0.3) is 0 Å². The molecule has 1 aromatic rings. The number of rotatable bonds is 1. The third kappa shape index (κ3) is 2.88. The molecule has 1 heterocycles. The molecule has 5 heteroatoms. The number of hydrogen-bond acceptors (Lipinski definition) is 3. The van der Waals surface area contributed by atoms with Crippen molar-refractivity contribution < 1.29 is 14.6 Å². The monoisotopic (exact) mass is 241 g/mol. The number of aromatic nitrogens is 1. The van der Waals surface area contributed by atoms with Crippen molar-refractivity contribution in [3.05, 3.63) is 12.3 Å². The fourth-order valence-corrected chi connectivity index (χ4v) is 2.47. The number of aromatic hydroxyl groups is 1. The minimum absolute atomic E-state index is 0.0240. The number of carbonyl (C=O) groups is 1. The molecule has 1 N–H and O–H groups in total. The van der Waals surface area contributed by atoms with E-state index in [2.05, 4.69) is 13.1 Å². The van der Waals surface area contributed by atoms with Gasteiger partial charge < -0.3 is 9.84 Å². The number of carbonyl (C=O) groups excluding carboxylic acids is 1. The second kappa shape index (κ2) is 4.33. The summed E-state index contributed by atoms with van der Waals surface area (Å²) in [5.74, 6) is 0.0240. The molecule has 0 amide bonds. The van der Waals surface area contributed by atoms with Crippen molar-refractivity contribution in [3.8, 4) is 5.88 Å². The molecular formula is C11H19NO3Si. The first-order valence-electron chi connectivity index (χ1n) is 5.36. The number of hydrogen-bond donors (Lipinski definition) is 1. The van der Waals surface area contributed by atoms with Crippen molar-refractivity contribution in [2.45, 2.75) is 39.5 Å². The Morgan fingerprint density at radius 3 is 2.38 bits per heavy atom. The lowest BCUT2D eigenvalue weighted by Gasteiger charge is -2.19. The standard InChI is InChI=1S/C11H19NO3Si/c1-11(2,3)15-10(14)12-7-6-8(9(12)13)16(4)5/h6-7,13,16H,1-5H3. The van der Waals surface area contributed by atoms with E-state index in [4.69, 9.17) is 4.74 Å². The summed E-state index contributed by atoms with van der Waals surface area (Å²) in [6.45, 7) is 9.57. The van der Waals surface area contributed by atoms with Crippen LogP contribution >= 0.6 is 0 Å². The molecule has 0 radical (unpaired) electrons. The van der Waals surface area contributed by atoms with Crippen molar-refractivity contribution in [1.82, 2.24) is 4.57 Å². The predicted molar refractivity (Wildman–Crippen MR) is 66.2 cm³/mol. The van der Waals surface area contributed by atoms with E-state index in [-0.39, 0.29) is 5.88 Å². The molecule has 0 aliphatic heterocycles. The second-order valence-corrected chi connectivity index (χ2v) is 8.03. The Labute approximate surface area is 97.5 Å². The van der Waals surface area contributed by atoms with Crippen molar-refractivity contribution in [3.63, 3.8) is 0 Å². The highest BCUT2D eigenvalue weighted by molar-refractivity contribution is 6.71. The molecule has 0 bridgehead atoms. The topological polar surface area (TPSA) is 51.5 Å². The van der Waals surface area contributed by atoms with Gasteiger partial charge in [-0.25, -0.2) is 9.36 Å². The van der Waals surface area contributed by atoms with Crippen LogP contribution in [-0.4, -0.2) is 30.2 Å². The van der Waals surface area contributed by atoms with Crippen molar-refractivity contribution >= 4 is 20.1 Å². The van der Waals surface area contributed by atoms with Crippen LogP contribution in [0.4, 0.5) is 4.79 Å². The zero-order valence-electron chi connectivity index (χ0n) is 10.4. The van der Waals surface area contributed by atoms with Crippen molar-refractivity contribution in [1.29, 1.82) is 0 Å². The molecule has 1 aromatic heterocycles. The van der Waals surface area contributed by atoms with Gasteiger partial charge in [-0.05, 0) is 32.0 Å². The lowest BCUT2D eigenvalue weighted by Crippen LogP contribution is -2.28. The summed E-state index contributed by atoms with van der Waals surface area (Å²) in [5, 5.41) is 10.7. The molecule has 90 valence electrons. The molecule has 0 aliphatic rings. The molecule has 16 heavy (non-hydrogen) atoms. The van der Waals surface area contributed by atoms with Gasteiger partial charge in [-0.15, -0.1) is 0 Å². The van der Waals surface area contributed by atoms with E-state index in [1.807, 2.05) is 0 Å². The van der Waals surface area contributed by atoms with E-state index < -0.39 is 20.5 Å². The molecule has 0 saturated carbocycles. The van der Waals surface area contributed by atoms with Crippen LogP contribution in [0.25, 0.3) is 0 Å². The lowest BCUT2D eigenvalue weighted by molar-refractivity contribution is 0.0526. The Balaban J connectivity index is 2.94. The summed E-state index contributed by atoms with van der Waals surface area (Å²) in [6.07, 6.45) is 1.03. The van der Waals surface area contributed by atoms with Crippen molar-refractivity contribution in [2.24, 2.45) is 0 Å². The van der Waals surface area contributed by atoms with E-state index in [0.29, 0.717) is 0 Å². The minimum Gasteiger partial charge on any atom is -0.494 e. The van der Waals surface area contributed by atoms with Crippen molar-refractivity contribution in [2.75, 3.05) is 0 Å².